The van der Waals surface area contributed by atoms with E-state index in [1.165, 1.54) is 5.69 Å². The summed E-state index contributed by atoms with van der Waals surface area (Å²) in [5, 5.41) is 3.45. The van der Waals surface area contributed by atoms with Gasteiger partial charge in [-0.1, -0.05) is 0 Å². The first kappa shape index (κ1) is 12.2. The maximum absolute atomic E-state index is 5.47. The lowest BCUT2D eigenvalue weighted by Gasteiger charge is -2.41. The Labute approximate surface area is 104 Å². The van der Waals surface area contributed by atoms with Crippen molar-refractivity contribution in [3.8, 4) is 5.75 Å². The Morgan fingerprint density at radius 2 is 1.76 bits per heavy atom. The topological polar surface area (TPSA) is 24.5 Å². The third kappa shape index (κ3) is 2.72. The zero-order valence-electron chi connectivity index (χ0n) is 10.9. The number of hydrogen-bond acceptors (Lipinski definition) is 3. The maximum atomic E-state index is 5.47. The summed E-state index contributed by atoms with van der Waals surface area (Å²) in [6, 6.07) is 9.50. The van der Waals surface area contributed by atoms with Crippen molar-refractivity contribution in [1.29, 1.82) is 0 Å². The average molecular weight is 234 g/mol. The van der Waals surface area contributed by atoms with Crippen LogP contribution in [0.2, 0.25) is 0 Å². The molecule has 0 aromatic heterocycles. The van der Waals surface area contributed by atoms with Gasteiger partial charge in [0.2, 0.25) is 0 Å². The zero-order valence-corrected chi connectivity index (χ0v) is 10.9. The predicted molar refractivity (Wildman–Crippen MR) is 71.9 cm³/mol. The van der Waals surface area contributed by atoms with Crippen LogP contribution >= 0.6 is 0 Å². The van der Waals surface area contributed by atoms with Crippen LogP contribution in [0.4, 0.5) is 5.69 Å². The fraction of sp³-hybridized carbons (Fsp3) is 0.571. The molecule has 0 radical (unpaired) electrons. The summed E-state index contributed by atoms with van der Waals surface area (Å²) in [4.78, 5) is 2.48. The SMILES string of the molecule is CCOc1ccc(N2C(C)CNCC2C)cc1. The van der Waals surface area contributed by atoms with E-state index < -0.39 is 0 Å². The van der Waals surface area contributed by atoms with Crippen LogP contribution in [0.3, 0.4) is 0 Å². The van der Waals surface area contributed by atoms with Gasteiger partial charge in [0, 0.05) is 30.9 Å². The monoisotopic (exact) mass is 234 g/mol. The van der Waals surface area contributed by atoms with Crippen molar-refractivity contribution in [3.63, 3.8) is 0 Å². The van der Waals surface area contributed by atoms with E-state index in [1.54, 1.807) is 0 Å². The average Bonchev–Trinajstić information content (AvgIpc) is 2.31. The van der Waals surface area contributed by atoms with E-state index in [9.17, 15) is 0 Å². The smallest absolute Gasteiger partial charge is 0.119 e. The van der Waals surface area contributed by atoms with E-state index in [-0.39, 0.29) is 0 Å². The summed E-state index contributed by atoms with van der Waals surface area (Å²) < 4.78 is 5.47. The molecule has 1 aromatic carbocycles. The highest BCUT2D eigenvalue weighted by atomic mass is 16.5. The minimum Gasteiger partial charge on any atom is -0.494 e. The minimum atomic E-state index is 0.539. The normalized spacial score (nSPS) is 24.8. The van der Waals surface area contributed by atoms with Gasteiger partial charge in [-0.15, -0.1) is 0 Å². The molecule has 2 rings (SSSR count). The first-order chi connectivity index (χ1) is 8.22. The van der Waals surface area contributed by atoms with Crippen molar-refractivity contribution >= 4 is 5.69 Å². The number of benzene rings is 1. The summed E-state index contributed by atoms with van der Waals surface area (Å²) in [5.41, 5.74) is 1.29. The number of nitrogens with one attached hydrogen (secondary N) is 1. The molecule has 0 amide bonds. The second-order valence-corrected chi connectivity index (χ2v) is 4.69. The molecule has 2 unspecified atom stereocenters. The number of piperazine rings is 1. The molecule has 1 aliphatic heterocycles. The van der Waals surface area contributed by atoms with Gasteiger partial charge in [0.05, 0.1) is 6.61 Å². The first-order valence-electron chi connectivity index (χ1n) is 6.44. The van der Waals surface area contributed by atoms with Crippen molar-refractivity contribution < 1.29 is 4.74 Å². The van der Waals surface area contributed by atoms with Gasteiger partial charge in [0.25, 0.3) is 0 Å². The fourth-order valence-corrected chi connectivity index (χ4v) is 2.52. The van der Waals surface area contributed by atoms with Gasteiger partial charge in [-0.3, -0.25) is 0 Å². The van der Waals surface area contributed by atoms with Crippen LogP contribution < -0.4 is 15.0 Å². The number of hydrogen-bond donors (Lipinski definition) is 1. The van der Waals surface area contributed by atoms with Gasteiger partial charge in [0.1, 0.15) is 5.75 Å². The van der Waals surface area contributed by atoms with E-state index in [4.69, 9.17) is 4.74 Å². The van der Waals surface area contributed by atoms with Gasteiger partial charge in [-0.2, -0.15) is 0 Å². The Kier molecular flexibility index (Phi) is 3.89. The molecule has 1 saturated heterocycles. The van der Waals surface area contributed by atoms with Crippen molar-refractivity contribution in [2.75, 3.05) is 24.6 Å². The van der Waals surface area contributed by atoms with Crippen LogP contribution in [0.15, 0.2) is 24.3 Å². The molecule has 1 aromatic rings. The highest BCUT2D eigenvalue weighted by Gasteiger charge is 2.24. The second kappa shape index (κ2) is 5.41. The molecule has 94 valence electrons. The zero-order chi connectivity index (χ0) is 12.3. The predicted octanol–water partition coefficient (Wildman–Crippen LogP) is 2.27. The molecule has 2 atom stereocenters. The van der Waals surface area contributed by atoms with E-state index in [2.05, 4.69) is 48.3 Å². The highest BCUT2D eigenvalue weighted by molar-refractivity contribution is 5.51. The van der Waals surface area contributed by atoms with Gasteiger partial charge < -0.3 is 15.0 Å². The standard InChI is InChI=1S/C14H22N2O/c1-4-17-14-7-5-13(6-8-14)16-11(2)9-15-10-12(16)3/h5-8,11-12,15H,4,9-10H2,1-3H3. The Morgan fingerprint density at radius 3 is 2.29 bits per heavy atom. The third-order valence-electron chi connectivity index (χ3n) is 3.28. The van der Waals surface area contributed by atoms with Crippen LogP contribution in [0.5, 0.6) is 5.75 Å². The number of rotatable bonds is 3. The fourth-order valence-electron chi connectivity index (χ4n) is 2.52. The molecule has 0 bridgehead atoms. The van der Waals surface area contributed by atoms with Crippen LogP contribution in [0.25, 0.3) is 0 Å². The highest BCUT2D eigenvalue weighted by Crippen LogP contribution is 2.24. The Balaban J connectivity index is 2.14. The third-order valence-corrected chi connectivity index (χ3v) is 3.28. The van der Waals surface area contributed by atoms with E-state index in [0.29, 0.717) is 12.1 Å². The first-order valence-corrected chi connectivity index (χ1v) is 6.44. The van der Waals surface area contributed by atoms with Gasteiger partial charge in [-0.05, 0) is 45.0 Å². The molecule has 1 aliphatic rings. The van der Waals surface area contributed by atoms with E-state index in [0.717, 1.165) is 25.4 Å². The lowest BCUT2D eigenvalue weighted by Crippen LogP contribution is -2.55. The van der Waals surface area contributed by atoms with Crippen molar-refractivity contribution in [1.82, 2.24) is 5.32 Å². The maximum Gasteiger partial charge on any atom is 0.119 e. The molecule has 0 aliphatic carbocycles. The summed E-state index contributed by atoms with van der Waals surface area (Å²) >= 11 is 0. The molecular weight excluding hydrogens is 212 g/mol. The van der Waals surface area contributed by atoms with Crippen LogP contribution in [0.1, 0.15) is 20.8 Å². The largest absolute Gasteiger partial charge is 0.494 e. The molecule has 3 nitrogen and oxygen atoms in total. The van der Waals surface area contributed by atoms with Gasteiger partial charge in [0.15, 0.2) is 0 Å². The molecular formula is C14H22N2O. The molecule has 1 fully saturated rings. The van der Waals surface area contributed by atoms with Crippen LogP contribution in [-0.2, 0) is 0 Å². The Bertz CT molecular complexity index is 340. The van der Waals surface area contributed by atoms with E-state index in [1.807, 2.05) is 6.92 Å². The summed E-state index contributed by atoms with van der Waals surface area (Å²) in [5.74, 6) is 0.951. The van der Waals surface area contributed by atoms with Crippen molar-refractivity contribution in [3.05, 3.63) is 24.3 Å². The van der Waals surface area contributed by atoms with E-state index >= 15 is 0 Å². The quantitative estimate of drug-likeness (QED) is 0.868. The molecule has 0 spiro atoms. The molecule has 1 N–H and O–H groups in total. The number of nitrogens with zero attached hydrogens (tertiary/aromatic N) is 1. The Morgan fingerprint density at radius 1 is 1.18 bits per heavy atom. The molecule has 0 saturated carbocycles. The minimum absolute atomic E-state index is 0.539. The Hall–Kier alpha value is -1.22. The number of anilines is 1. The summed E-state index contributed by atoms with van der Waals surface area (Å²) in [6.07, 6.45) is 0. The van der Waals surface area contributed by atoms with Crippen LogP contribution in [0, 0.1) is 0 Å². The molecule has 3 heteroatoms. The lowest BCUT2D eigenvalue weighted by molar-refractivity contribution is 0.340. The van der Waals surface area contributed by atoms with Gasteiger partial charge >= 0.3 is 0 Å². The summed E-state index contributed by atoms with van der Waals surface area (Å²) in [6.45, 7) is 9.36. The van der Waals surface area contributed by atoms with Gasteiger partial charge in [-0.25, -0.2) is 0 Å². The summed E-state index contributed by atoms with van der Waals surface area (Å²) in [7, 11) is 0. The lowest BCUT2D eigenvalue weighted by atomic mass is 10.1. The second-order valence-electron chi connectivity index (χ2n) is 4.69. The van der Waals surface area contributed by atoms with Crippen molar-refractivity contribution in [2.45, 2.75) is 32.9 Å². The molecule has 17 heavy (non-hydrogen) atoms. The van der Waals surface area contributed by atoms with Crippen LogP contribution in [-0.4, -0.2) is 31.8 Å². The molecule has 1 heterocycles. The van der Waals surface area contributed by atoms with Crippen molar-refractivity contribution in [2.24, 2.45) is 0 Å². The number of ether oxygens (including phenoxy) is 1.